The second kappa shape index (κ2) is 4.71. The maximum absolute atomic E-state index is 5.70. The zero-order valence-electron chi connectivity index (χ0n) is 11.7. The highest BCUT2D eigenvalue weighted by Crippen LogP contribution is 2.35. The number of furan rings is 1. The lowest BCUT2D eigenvalue weighted by Gasteiger charge is -2.41. The first-order chi connectivity index (χ1) is 8.66. The minimum absolute atomic E-state index is 0.482. The molecule has 0 radical (unpaired) electrons. The molecule has 1 aromatic rings. The fourth-order valence-corrected chi connectivity index (χ4v) is 3.83. The summed E-state index contributed by atoms with van der Waals surface area (Å²) >= 11 is 0. The Labute approximate surface area is 110 Å². The van der Waals surface area contributed by atoms with Crippen LogP contribution >= 0.6 is 0 Å². The van der Waals surface area contributed by atoms with Crippen molar-refractivity contribution in [2.75, 3.05) is 19.6 Å². The molecule has 3 rings (SSSR count). The zero-order chi connectivity index (χ0) is 12.7. The van der Waals surface area contributed by atoms with Gasteiger partial charge in [-0.15, -0.1) is 0 Å². The van der Waals surface area contributed by atoms with Gasteiger partial charge in [-0.2, -0.15) is 0 Å². The minimum atomic E-state index is 0.482. The van der Waals surface area contributed by atoms with E-state index in [4.69, 9.17) is 4.42 Å². The van der Waals surface area contributed by atoms with Crippen molar-refractivity contribution in [1.29, 1.82) is 0 Å². The van der Waals surface area contributed by atoms with E-state index in [9.17, 15) is 0 Å². The van der Waals surface area contributed by atoms with Gasteiger partial charge in [-0.05, 0) is 58.7 Å². The maximum atomic E-state index is 5.70. The largest absolute Gasteiger partial charge is 0.466 e. The normalized spacial score (nSPS) is 30.4. The van der Waals surface area contributed by atoms with Crippen LogP contribution in [0.25, 0.3) is 0 Å². The van der Waals surface area contributed by atoms with Crippen LogP contribution < -0.4 is 5.32 Å². The van der Waals surface area contributed by atoms with Crippen LogP contribution in [0.15, 0.2) is 10.5 Å². The molecule has 0 aromatic carbocycles. The fraction of sp³-hybridized carbons (Fsp3) is 0.733. The van der Waals surface area contributed by atoms with Crippen molar-refractivity contribution in [3.05, 3.63) is 23.2 Å². The van der Waals surface area contributed by atoms with Gasteiger partial charge in [0.15, 0.2) is 0 Å². The Kier molecular flexibility index (Phi) is 3.20. The van der Waals surface area contributed by atoms with Gasteiger partial charge in [-0.25, -0.2) is 0 Å². The van der Waals surface area contributed by atoms with Gasteiger partial charge >= 0.3 is 0 Å². The summed E-state index contributed by atoms with van der Waals surface area (Å²) in [6.07, 6.45) is 2.73. The lowest BCUT2D eigenvalue weighted by Crippen LogP contribution is -2.46. The van der Waals surface area contributed by atoms with Crippen molar-refractivity contribution >= 4 is 0 Å². The summed E-state index contributed by atoms with van der Waals surface area (Å²) in [4.78, 5) is 2.69. The maximum Gasteiger partial charge on any atom is 0.105 e. The summed E-state index contributed by atoms with van der Waals surface area (Å²) in [5.41, 5.74) is 1.38. The highest BCUT2D eigenvalue weighted by atomic mass is 16.3. The van der Waals surface area contributed by atoms with Crippen LogP contribution in [-0.4, -0.2) is 30.6 Å². The molecule has 2 aliphatic rings. The number of nitrogens with zero attached hydrogens (tertiary/aromatic N) is 1. The van der Waals surface area contributed by atoms with Gasteiger partial charge < -0.3 is 9.73 Å². The lowest BCUT2D eigenvalue weighted by molar-refractivity contribution is 0.0841. The SMILES string of the molecule is Cc1cc(C(C)N2CCCC3CNCC32)c(C)o1. The molecule has 3 heteroatoms. The number of fused-ring (bicyclic) bond motifs is 1. The third-order valence-corrected chi connectivity index (χ3v) is 4.75. The number of piperidine rings is 1. The van der Waals surface area contributed by atoms with Crippen molar-refractivity contribution in [1.82, 2.24) is 10.2 Å². The molecule has 2 fully saturated rings. The van der Waals surface area contributed by atoms with Crippen LogP contribution in [0.3, 0.4) is 0 Å². The standard InChI is InChI=1S/C15H24N2O/c1-10-7-14(12(3)18-10)11(2)17-6-4-5-13-8-16-9-15(13)17/h7,11,13,15-16H,4-6,8-9H2,1-3H3. The Hall–Kier alpha value is -0.800. The van der Waals surface area contributed by atoms with Crippen LogP contribution in [0.1, 0.15) is 42.9 Å². The molecule has 3 atom stereocenters. The molecule has 3 nitrogen and oxygen atoms in total. The molecule has 100 valence electrons. The Morgan fingerprint density at radius 3 is 2.94 bits per heavy atom. The van der Waals surface area contributed by atoms with Crippen LogP contribution in [0.4, 0.5) is 0 Å². The second-order valence-corrected chi connectivity index (χ2v) is 5.91. The van der Waals surface area contributed by atoms with Gasteiger partial charge in [0.25, 0.3) is 0 Å². The van der Waals surface area contributed by atoms with E-state index in [1.165, 1.54) is 31.5 Å². The first-order valence-corrected chi connectivity index (χ1v) is 7.20. The summed E-state index contributed by atoms with van der Waals surface area (Å²) in [5, 5.41) is 3.56. The number of nitrogens with one attached hydrogen (secondary N) is 1. The molecule has 0 aliphatic carbocycles. The topological polar surface area (TPSA) is 28.4 Å². The van der Waals surface area contributed by atoms with Crippen LogP contribution in [0.5, 0.6) is 0 Å². The van der Waals surface area contributed by atoms with Crippen LogP contribution in [0.2, 0.25) is 0 Å². The molecule has 1 aromatic heterocycles. The van der Waals surface area contributed by atoms with Gasteiger partial charge in [0.05, 0.1) is 0 Å². The van der Waals surface area contributed by atoms with E-state index < -0.39 is 0 Å². The Bertz CT molecular complexity index is 426. The van der Waals surface area contributed by atoms with Gasteiger partial charge in [-0.1, -0.05) is 0 Å². The highest BCUT2D eigenvalue weighted by Gasteiger charge is 2.37. The fourth-order valence-electron chi connectivity index (χ4n) is 3.83. The first-order valence-electron chi connectivity index (χ1n) is 7.20. The number of rotatable bonds is 2. The number of likely N-dealkylation sites (tertiary alicyclic amines) is 1. The van der Waals surface area contributed by atoms with Crippen molar-refractivity contribution < 1.29 is 4.42 Å². The van der Waals surface area contributed by atoms with E-state index in [1.54, 1.807) is 0 Å². The first kappa shape index (κ1) is 12.2. The van der Waals surface area contributed by atoms with E-state index in [0.717, 1.165) is 30.0 Å². The van der Waals surface area contributed by atoms with Crippen LogP contribution in [-0.2, 0) is 0 Å². The van der Waals surface area contributed by atoms with Crippen molar-refractivity contribution in [3.63, 3.8) is 0 Å². The summed E-state index contributed by atoms with van der Waals surface area (Å²) in [6, 6.07) is 3.42. The number of hydrogen-bond donors (Lipinski definition) is 1. The number of aryl methyl sites for hydroxylation is 2. The van der Waals surface area contributed by atoms with Crippen molar-refractivity contribution in [3.8, 4) is 0 Å². The predicted octanol–water partition coefficient (Wildman–Crippen LogP) is 2.64. The molecular weight excluding hydrogens is 224 g/mol. The second-order valence-electron chi connectivity index (χ2n) is 5.91. The monoisotopic (exact) mass is 248 g/mol. The third kappa shape index (κ3) is 1.99. The average molecular weight is 248 g/mol. The van der Waals surface area contributed by atoms with Crippen molar-refractivity contribution in [2.45, 2.75) is 45.7 Å². The van der Waals surface area contributed by atoms with Crippen LogP contribution in [0, 0.1) is 19.8 Å². The quantitative estimate of drug-likeness (QED) is 0.872. The van der Waals surface area contributed by atoms with E-state index in [2.05, 4.69) is 30.1 Å². The third-order valence-electron chi connectivity index (χ3n) is 4.75. The molecule has 0 amide bonds. The van der Waals surface area contributed by atoms with Gasteiger partial charge in [0.2, 0.25) is 0 Å². The van der Waals surface area contributed by atoms with E-state index in [0.29, 0.717) is 6.04 Å². The summed E-state index contributed by atoms with van der Waals surface area (Å²) in [5.74, 6) is 2.98. The molecule has 2 aliphatic heterocycles. The highest BCUT2D eigenvalue weighted by molar-refractivity contribution is 5.24. The average Bonchev–Trinajstić information content (AvgIpc) is 2.94. The summed E-state index contributed by atoms with van der Waals surface area (Å²) < 4.78 is 5.70. The van der Waals surface area contributed by atoms with Crippen molar-refractivity contribution in [2.24, 2.45) is 5.92 Å². The zero-order valence-corrected chi connectivity index (χ0v) is 11.7. The van der Waals surface area contributed by atoms with Gasteiger partial charge in [0.1, 0.15) is 11.5 Å². The molecule has 18 heavy (non-hydrogen) atoms. The Morgan fingerprint density at radius 2 is 2.22 bits per heavy atom. The van der Waals surface area contributed by atoms with Gasteiger partial charge in [-0.3, -0.25) is 4.90 Å². The van der Waals surface area contributed by atoms with E-state index in [1.807, 2.05) is 6.92 Å². The molecule has 1 N–H and O–H groups in total. The molecule has 3 heterocycles. The molecule has 3 unspecified atom stereocenters. The Balaban J connectivity index is 1.83. The molecular formula is C15H24N2O. The minimum Gasteiger partial charge on any atom is -0.466 e. The number of hydrogen-bond acceptors (Lipinski definition) is 3. The summed E-state index contributed by atoms with van der Waals surface area (Å²) in [6.45, 7) is 10.1. The predicted molar refractivity (Wildman–Crippen MR) is 72.7 cm³/mol. The smallest absolute Gasteiger partial charge is 0.105 e. The lowest BCUT2D eigenvalue weighted by atomic mass is 9.90. The Morgan fingerprint density at radius 1 is 1.39 bits per heavy atom. The molecule has 0 saturated carbocycles. The summed E-state index contributed by atoms with van der Waals surface area (Å²) in [7, 11) is 0. The van der Waals surface area contributed by atoms with Gasteiger partial charge in [0, 0.05) is 24.2 Å². The molecule has 0 spiro atoms. The van der Waals surface area contributed by atoms with E-state index in [-0.39, 0.29) is 0 Å². The molecule has 2 saturated heterocycles. The van der Waals surface area contributed by atoms with E-state index >= 15 is 0 Å². The molecule has 0 bridgehead atoms.